The van der Waals surface area contributed by atoms with Gasteiger partial charge in [-0.25, -0.2) is 0 Å². The highest BCUT2D eigenvalue weighted by molar-refractivity contribution is 5.77. The molecule has 8 nitrogen and oxygen atoms in total. The van der Waals surface area contributed by atoms with Gasteiger partial charge in [0, 0.05) is 25.4 Å². The van der Waals surface area contributed by atoms with Gasteiger partial charge in [-0.05, 0) is 45.4 Å². The van der Waals surface area contributed by atoms with Gasteiger partial charge in [0.1, 0.15) is 5.78 Å². The number of amides is 1. The van der Waals surface area contributed by atoms with E-state index in [-0.39, 0.29) is 56.2 Å². The lowest BCUT2D eigenvalue weighted by molar-refractivity contribution is -0.133. The van der Waals surface area contributed by atoms with Crippen molar-refractivity contribution in [1.29, 1.82) is 0 Å². The summed E-state index contributed by atoms with van der Waals surface area (Å²) in [5.41, 5.74) is 0. The number of rotatable bonds is 17. The number of ether oxygens (including phenoxy) is 3. The average molecular weight is 432 g/mol. The number of ketones is 1. The molecule has 0 aromatic carbocycles. The normalized spacial score (nSPS) is 18.1. The van der Waals surface area contributed by atoms with Gasteiger partial charge < -0.3 is 34.1 Å². The molecular formula is C22H41NO7. The molecule has 3 atom stereocenters. The summed E-state index contributed by atoms with van der Waals surface area (Å²) in [6, 6.07) is 0.0758. The van der Waals surface area contributed by atoms with Gasteiger partial charge in [0.2, 0.25) is 5.91 Å². The molecular weight excluding hydrogens is 390 g/mol. The summed E-state index contributed by atoms with van der Waals surface area (Å²) in [5, 5.41) is 17.8. The van der Waals surface area contributed by atoms with Crippen LogP contribution in [0.5, 0.6) is 0 Å². The fraction of sp³-hybridized carbons (Fsp3) is 0.909. The molecule has 3 unspecified atom stereocenters. The molecule has 2 N–H and O–H groups in total. The number of hydrogen-bond donors (Lipinski definition) is 2. The molecule has 1 rings (SSSR count). The third kappa shape index (κ3) is 12.0. The van der Waals surface area contributed by atoms with Crippen molar-refractivity contribution in [3.05, 3.63) is 0 Å². The third-order valence-corrected chi connectivity index (χ3v) is 5.35. The molecule has 0 aromatic rings. The Morgan fingerprint density at radius 3 is 2.47 bits per heavy atom. The van der Waals surface area contributed by atoms with Crippen molar-refractivity contribution in [2.24, 2.45) is 5.92 Å². The van der Waals surface area contributed by atoms with Crippen molar-refractivity contribution in [3.63, 3.8) is 0 Å². The van der Waals surface area contributed by atoms with Gasteiger partial charge in [-0.2, -0.15) is 0 Å². The van der Waals surface area contributed by atoms with E-state index in [0.717, 1.165) is 32.2 Å². The Morgan fingerprint density at radius 1 is 1.03 bits per heavy atom. The lowest BCUT2D eigenvalue weighted by atomic mass is 9.89. The maximum atomic E-state index is 12.4. The van der Waals surface area contributed by atoms with Gasteiger partial charge in [0.15, 0.2) is 0 Å². The third-order valence-electron chi connectivity index (χ3n) is 5.35. The van der Waals surface area contributed by atoms with Crippen molar-refractivity contribution < 1.29 is 34.0 Å². The molecule has 1 fully saturated rings. The van der Waals surface area contributed by atoms with Crippen LogP contribution in [0.4, 0.5) is 0 Å². The van der Waals surface area contributed by atoms with Crippen LogP contribution in [0, 0.1) is 5.92 Å². The van der Waals surface area contributed by atoms with E-state index >= 15 is 0 Å². The standard InChI is InChI=1S/C22H41NO7/c1-18(23-7-5-3-4-6-22(23)27)14-20(15-19(2)26)16-21(17-29-11-9-25)30-13-12-28-10-8-24/h18,20-21,24-25H,3-17H2,1-2H3. The number of carbonyl (C=O) groups excluding carboxylic acids is 2. The molecule has 0 spiro atoms. The summed E-state index contributed by atoms with van der Waals surface area (Å²) in [5.74, 6) is 0.409. The zero-order chi connectivity index (χ0) is 22.2. The van der Waals surface area contributed by atoms with Gasteiger partial charge in [-0.3, -0.25) is 4.79 Å². The highest BCUT2D eigenvalue weighted by Gasteiger charge is 2.27. The molecule has 0 bridgehead atoms. The molecule has 0 aliphatic carbocycles. The number of hydrogen-bond acceptors (Lipinski definition) is 7. The average Bonchev–Trinajstić information content (AvgIpc) is 2.91. The van der Waals surface area contributed by atoms with Gasteiger partial charge >= 0.3 is 0 Å². The zero-order valence-corrected chi connectivity index (χ0v) is 18.7. The van der Waals surface area contributed by atoms with E-state index in [1.54, 1.807) is 6.92 Å². The van der Waals surface area contributed by atoms with Crippen molar-refractivity contribution in [2.75, 3.05) is 52.8 Å². The van der Waals surface area contributed by atoms with E-state index in [4.69, 9.17) is 24.4 Å². The molecule has 8 heteroatoms. The van der Waals surface area contributed by atoms with E-state index in [1.165, 1.54) is 0 Å². The predicted molar refractivity (Wildman–Crippen MR) is 113 cm³/mol. The second-order valence-electron chi connectivity index (χ2n) is 8.12. The molecule has 0 saturated carbocycles. The van der Waals surface area contributed by atoms with Crippen LogP contribution < -0.4 is 0 Å². The van der Waals surface area contributed by atoms with E-state index in [1.807, 2.05) is 4.90 Å². The summed E-state index contributed by atoms with van der Waals surface area (Å²) in [6.45, 7) is 5.91. The first-order chi connectivity index (χ1) is 14.5. The van der Waals surface area contributed by atoms with E-state index in [2.05, 4.69) is 6.92 Å². The summed E-state index contributed by atoms with van der Waals surface area (Å²) in [6.07, 6.45) is 5.26. The molecule has 30 heavy (non-hydrogen) atoms. The molecule has 0 radical (unpaired) electrons. The number of carbonyl (C=O) groups is 2. The molecule has 176 valence electrons. The van der Waals surface area contributed by atoms with Crippen molar-refractivity contribution >= 4 is 11.7 Å². The number of aliphatic hydroxyl groups is 2. The molecule has 0 aromatic heterocycles. The summed E-state index contributed by atoms with van der Waals surface area (Å²) < 4.78 is 16.6. The summed E-state index contributed by atoms with van der Waals surface area (Å²) in [7, 11) is 0. The minimum atomic E-state index is -0.231. The van der Waals surface area contributed by atoms with Gasteiger partial charge in [0.25, 0.3) is 0 Å². The van der Waals surface area contributed by atoms with E-state index in [9.17, 15) is 9.59 Å². The molecule has 1 amide bonds. The lowest BCUT2D eigenvalue weighted by Gasteiger charge is -2.32. The van der Waals surface area contributed by atoms with Crippen LogP contribution in [0.25, 0.3) is 0 Å². The topological polar surface area (TPSA) is 106 Å². The van der Waals surface area contributed by atoms with Crippen LogP contribution in [0.3, 0.4) is 0 Å². The Morgan fingerprint density at radius 2 is 1.77 bits per heavy atom. The van der Waals surface area contributed by atoms with Crippen LogP contribution in [-0.4, -0.2) is 91.7 Å². The first-order valence-electron chi connectivity index (χ1n) is 11.3. The van der Waals surface area contributed by atoms with Crippen LogP contribution in [0.15, 0.2) is 0 Å². The zero-order valence-electron chi connectivity index (χ0n) is 18.7. The molecule has 1 aliphatic rings. The van der Waals surface area contributed by atoms with Crippen LogP contribution >= 0.6 is 0 Å². The Bertz CT molecular complexity index is 474. The number of Topliss-reactive ketones (excluding diaryl/α,β-unsaturated/α-hetero) is 1. The van der Waals surface area contributed by atoms with E-state index < -0.39 is 0 Å². The minimum Gasteiger partial charge on any atom is -0.394 e. The molecule has 1 saturated heterocycles. The fourth-order valence-electron chi connectivity index (χ4n) is 4.02. The van der Waals surface area contributed by atoms with Crippen LogP contribution in [-0.2, 0) is 23.8 Å². The SMILES string of the molecule is CC(=O)CC(CC(COCCO)OCCOCCO)CC(C)N1CCCCCC1=O. The second-order valence-corrected chi connectivity index (χ2v) is 8.12. The summed E-state index contributed by atoms with van der Waals surface area (Å²) in [4.78, 5) is 26.3. The first-order valence-corrected chi connectivity index (χ1v) is 11.3. The van der Waals surface area contributed by atoms with Crippen LogP contribution in [0.2, 0.25) is 0 Å². The van der Waals surface area contributed by atoms with Crippen molar-refractivity contribution in [1.82, 2.24) is 4.90 Å². The molecule has 1 heterocycles. The number of likely N-dealkylation sites (tertiary alicyclic amines) is 1. The lowest BCUT2D eigenvalue weighted by Crippen LogP contribution is -2.40. The van der Waals surface area contributed by atoms with E-state index in [0.29, 0.717) is 39.1 Å². The maximum absolute atomic E-state index is 12.4. The maximum Gasteiger partial charge on any atom is 0.222 e. The Hall–Kier alpha value is -1.06. The Balaban J connectivity index is 2.67. The highest BCUT2D eigenvalue weighted by Crippen LogP contribution is 2.24. The van der Waals surface area contributed by atoms with Gasteiger partial charge in [0.05, 0.1) is 52.4 Å². The summed E-state index contributed by atoms with van der Waals surface area (Å²) >= 11 is 0. The highest BCUT2D eigenvalue weighted by atomic mass is 16.6. The Kier molecular flexibility index (Phi) is 14.9. The smallest absolute Gasteiger partial charge is 0.222 e. The quantitative estimate of drug-likeness (QED) is 0.337. The second kappa shape index (κ2) is 16.6. The molecule has 1 aliphatic heterocycles. The number of nitrogens with zero attached hydrogens (tertiary/aromatic N) is 1. The monoisotopic (exact) mass is 431 g/mol. The number of aliphatic hydroxyl groups excluding tert-OH is 2. The first kappa shape index (κ1) is 27.0. The largest absolute Gasteiger partial charge is 0.394 e. The van der Waals surface area contributed by atoms with Crippen molar-refractivity contribution in [3.8, 4) is 0 Å². The van der Waals surface area contributed by atoms with Gasteiger partial charge in [-0.15, -0.1) is 0 Å². The minimum absolute atomic E-state index is 0.0309. The fourth-order valence-corrected chi connectivity index (χ4v) is 4.02. The van der Waals surface area contributed by atoms with Crippen molar-refractivity contribution in [2.45, 2.75) is 70.9 Å². The van der Waals surface area contributed by atoms with Gasteiger partial charge in [-0.1, -0.05) is 6.42 Å². The predicted octanol–water partition coefficient (Wildman–Crippen LogP) is 1.56. The van der Waals surface area contributed by atoms with Crippen LogP contribution in [0.1, 0.15) is 58.8 Å². The Labute approximate surface area is 180 Å².